The van der Waals surface area contributed by atoms with Gasteiger partial charge in [0.15, 0.2) is 0 Å². The SMILES string of the molecule is Cc1cccc(C)c1C(N)CC1CCCc2ccccc21. The second-order valence-electron chi connectivity index (χ2n) is 6.44. The Kier molecular flexibility index (Phi) is 4.12. The predicted octanol–water partition coefficient (Wildman–Crippen LogP) is 4.81. The van der Waals surface area contributed by atoms with E-state index in [9.17, 15) is 0 Å². The molecule has 0 spiro atoms. The van der Waals surface area contributed by atoms with Crippen molar-refractivity contribution < 1.29 is 0 Å². The Bertz CT molecular complexity index is 609. The molecule has 1 aliphatic rings. The molecule has 1 heteroatoms. The van der Waals surface area contributed by atoms with Crippen LogP contribution in [0, 0.1) is 13.8 Å². The first-order chi connectivity index (χ1) is 10.2. The van der Waals surface area contributed by atoms with E-state index in [4.69, 9.17) is 5.73 Å². The number of aryl methyl sites for hydroxylation is 3. The van der Waals surface area contributed by atoms with Crippen molar-refractivity contribution in [2.24, 2.45) is 5.73 Å². The zero-order chi connectivity index (χ0) is 14.8. The molecule has 0 amide bonds. The summed E-state index contributed by atoms with van der Waals surface area (Å²) in [5.41, 5.74) is 13.6. The van der Waals surface area contributed by atoms with Gasteiger partial charge in [-0.2, -0.15) is 0 Å². The van der Waals surface area contributed by atoms with Crippen LogP contribution in [0.5, 0.6) is 0 Å². The fourth-order valence-corrected chi connectivity index (χ4v) is 3.94. The molecule has 0 bridgehead atoms. The standard InChI is InChI=1S/C20H25N/c1-14-7-5-8-15(2)20(14)19(21)13-17-11-6-10-16-9-3-4-12-18(16)17/h3-5,7-9,12,17,19H,6,10-11,13,21H2,1-2H3. The molecule has 2 atom stereocenters. The second-order valence-corrected chi connectivity index (χ2v) is 6.44. The third-order valence-electron chi connectivity index (χ3n) is 4.94. The van der Waals surface area contributed by atoms with Gasteiger partial charge in [0, 0.05) is 6.04 Å². The van der Waals surface area contributed by atoms with Crippen LogP contribution in [0.3, 0.4) is 0 Å². The topological polar surface area (TPSA) is 26.0 Å². The Morgan fingerprint density at radius 1 is 1.05 bits per heavy atom. The predicted molar refractivity (Wildman–Crippen MR) is 89.6 cm³/mol. The fourth-order valence-electron chi connectivity index (χ4n) is 3.94. The normalized spacial score (nSPS) is 19.1. The van der Waals surface area contributed by atoms with Crippen molar-refractivity contribution in [1.29, 1.82) is 0 Å². The lowest BCUT2D eigenvalue weighted by molar-refractivity contribution is 0.474. The highest BCUT2D eigenvalue weighted by atomic mass is 14.6. The number of hydrogen-bond donors (Lipinski definition) is 1. The van der Waals surface area contributed by atoms with Crippen molar-refractivity contribution in [2.75, 3.05) is 0 Å². The molecule has 2 N–H and O–H groups in total. The first-order valence-electron chi connectivity index (χ1n) is 8.06. The highest BCUT2D eigenvalue weighted by Gasteiger charge is 2.23. The van der Waals surface area contributed by atoms with Crippen molar-refractivity contribution in [3.63, 3.8) is 0 Å². The van der Waals surface area contributed by atoms with E-state index in [-0.39, 0.29) is 6.04 Å². The lowest BCUT2D eigenvalue weighted by Crippen LogP contribution is -2.19. The van der Waals surface area contributed by atoms with Gasteiger partial charge in [-0.1, -0.05) is 42.5 Å². The largest absolute Gasteiger partial charge is 0.324 e. The Labute approximate surface area is 128 Å². The van der Waals surface area contributed by atoms with E-state index in [0.717, 1.165) is 6.42 Å². The first-order valence-corrected chi connectivity index (χ1v) is 8.06. The molecule has 21 heavy (non-hydrogen) atoms. The highest BCUT2D eigenvalue weighted by molar-refractivity contribution is 5.37. The van der Waals surface area contributed by atoms with Crippen LogP contribution >= 0.6 is 0 Å². The smallest absolute Gasteiger partial charge is 0.0305 e. The molecule has 110 valence electrons. The molecule has 0 radical (unpaired) electrons. The fraction of sp³-hybridized carbons (Fsp3) is 0.400. The van der Waals surface area contributed by atoms with E-state index < -0.39 is 0 Å². The van der Waals surface area contributed by atoms with Gasteiger partial charge < -0.3 is 5.73 Å². The molecule has 2 aromatic carbocycles. The van der Waals surface area contributed by atoms with E-state index >= 15 is 0 Å². The molecule has 0 aliphatic heterocycles. The van der Waals surface area contributed by atoms with Crippen molar-refractivity contribution in [3.8, 4) is 0 Å². The molecule has 1 nitrogen and oxygen atoms in total. The van der Waals surface area contributed by atoms with Gasteiger partial charge in [-0.05, 0) is 73.3 Å². The van der Waals surface area contributed by atoms with Gasteiger partial charge in [0.1, 0.15) is 0 Å². The summed E-state index contributed by atoms with van der Waals surface area (Å²) in [4.78, 5) is 0. The van der Waals surface area contributed by atoms with Crippen molar-refractivity contribution in [3.05, 3.63) is 70.3 Å². The van der Waals surface area contributed by atoms with Crippen LogP contribution in [0.15, 0.2) is 42.5 Å². The average molecular weight is 279 g/mol. The van der Waals surface area contributed by atoms with Crippen molar-refractivity contribution in [2.45, 2.75) is 51.5 Å². The van der Waals surface area contributed by atoms with Gasteiger partial charge in [0.25, 0.3) is 0 Å². The minimum absolute atomic E-state index is 0.141. The highest BCUT2D eigenvalue weighted by Crippen LogP contribution is 2.38. The van der Waals surface area contributed by atoms with E-state index in [1.165, 1.54) is 47.1 Å². The van der Waals surface area contributed by atoms with Gasteiger partial charge in [-0.15, -0.1) is 0 Å². The van der Waals surface area contributed by atoms with E-state index in [0.29, 0.717) is 5.92 Å². The summed E-state index contributed by atoms with van der Waals surface area (Å²) in [5, 5.41) is 0. The number of hydrogen-bond acceptors (Lipinski definition) is 1. The minimum atomic E-state index is 0.141. The van der Waals surface area contributed by atoms with Crippen LogP contribution in [-0.2, 0) is 6.42 Å². The Hall–Kier alpha value is -1.60. The quantitative estimate of drug-likeness (QED) is 0.857. The lowest BCUT2D eigenvalue weighted by Gasteiger charge is -2.29. The van der Waals surface area contributed by atoms with E-state index in [1.807, 2.05) is 0 Å². The zero-order valence-electron chi connectivity index (χ0n) is 13.1. The molecule has 1 aliphatic carbocycles. The van der Waals surface area contributed by atoms with Crippen LogP contribution in [0.25, 0.3) is 0 Å². The number of rotatable bonds is 3. The van der Waals surface area contributed by atoms with Crippen LogP contribution in [0.2, 0.25) is 0 Å². The van der Waals surface area contributed by atoms with E-state index in [2.05, 4.69) is 56.3 Å². The van der Waals surface area contributed by atoms with Gasteiger partial charge in [0.2, 0.25) is 0 Å². The summed E-state index contributed by atoms with van der Waals surface area (Å²) in [6.45, 7) is 4.36. The van der Waals surface area contributed by atoms with Crippen LogP contribution in [0.4, 0.5) is 0 Å². The third kappa shape index (κ3) is 2.89. The molecular weight excluding hydrogens is 254 g/mol. The van der Waals surface area contributed by atoms with Crippen molar-refractivity contribution in [1.82, 2.24) is 0 Å². The molecule has 0 fully saturated rings. The maximum atomic E-state index is 6.58. The summed E-state index contributed by atoms with van der Waals surface area (Å²) in [6, 6.07) is 15.5. The molecular formula is C20H25N. The average Bonchev–Trinajstić information content (AvgIpc) is 2.47. The summed E-state index contributed by atoms with van der Waals surface area (Å²) >= 11 is 0. The minimum Gasteiger partial charge on any atom is -0.324 e. The molecule has 0 aromatic heterocycles. The summed E-state index contributed by atoms with van der Waals surface area (Å²) in [7, 11) is 0. The molecule has 2 aromatic rings. The summed E-state index contributed by atoms with van der Waals surface area (Å²) in [5.74, 6) is 0.615. The molecule has 2 unspecified atom stereocenters. The monoisotopic (exact) mass is 279 g/mol. The second kappa shape index (κ2) is 6.03. The molecule has 0 saturated carbocycles. The van der Waals surface area contributed by atoms with Crippen LogP contribution < -0.4 is 5.73 Å². The number of benzene rings is 2. The summed E-state index contributed by atoms with van der Waals surface area (Å²) < 4.78 is 0. The van der Waals surface area contributed by atoms with Gasteiger partial charge >= 0.3 is 0 Å². The molecule has 0 saturated heterocycles. The Balaban J connectivity index is 1.85. The molecule has 3 rings (SSSR count). The Morgan fingerprint density at radius 3 is 2.52 bits per heavy atom. The zero-order valence-corrected chi connectivity index (χ0v) is 13.1. The number of nitrogens with two attached hydrogens (primary N) is 1. The Morgan fingerprint density at radius 2 is 1.76 bits per heavy atom. The van der Waals surface area contributed by atoms with Gasteiger partial charge in [-0.3, -0.25) is 0 Å². The first kappa shape index (κ1) is 14.3. The maximum Gasteiger partial charge on any atom is 0.0305 e. The van der Waals surface area contributed by atoms with Crippen LogP contribution in [0.1, 0.15) is 59.0 Å². The van der Waals surface area contributed by atoms with Gasteiger partial charge in [0.05, 0.1) is 0 Å². The van der Waals surface area contributed by atoms with Gasteiger partial charge in [-0.25, -0.2) is 0 Å². The van der Waals surface area contributed by atoms with Crippen LogP contribution in [-0.4, -0.2) is 0 Å². The third-order valence-corrected chi connectivity index (χ3v) is 4.94. The summed E-state index contributed by atoms with van der Waals surface area (Å²) in [6.07, 6.45) is 4.85. The van der Waals surface area contributed by atoms with E-state index in [1.54, 1.807) is 0 Å². The molecule has 0 heterocycles. The van der Waals surface area contributed by atoms with Crippen molar-refractivity contribution >= 4 is 0 Å². The lowest BCUT2D eigenvalue weighted by atomic mass is 9.78. The maximum absolute atomic E-state index is 6.58. The number of fused-ring (bicyclic) bond motifs is 1.